The molecule has 186 valence electrons. The highest BCUT2D eigenvalue weighted by Gasteiger charge is 2.35. The first-order valence-electron chi connectivity index (χ1n) is 12.2. The van der Waals surface area contributed by atoms with Crippen molar-refractivity contribution >= 4 is 21.8 Å². The van der Waals surface area contributed by atoms with Gasteiger partial charge in [-0.15, -0.1) is 0 Å². The fraction of sp³-hybridized carbons (Fsp3) is 0.276. The van der Waals surface area contributed by atoms with E-state index in [1.54, 1.807) is 30.3 Å². The second-order valence-corrected chi connectivity index (χ2v) is 11.6. The van der Waals surface area contributed by atoms with Gasteiger partial charge in [0.05, 0.1) is 28.1 Å². The molecule has 0 saturated heterocycles. The number of benzene rings is 3. The smallest absolute Gasteiger partial charge is 0.224 e. The zero-order valence-electron chi connectivity index (χ0n) is 19.7. The van der Waals surface area contributed by atoms with Crippen LogP contribution in [-0.4, -0.2) is 36.7 Å². The highest BCUT2D eigenvalue weighted by Crippen LogP contribution is 2.36. The summed E-state index contributed by atoms with van der Waals surface area (Å²) in [5, 5.41) is 24.6. The molecule has 2 aliphatic rings. The van der Waals surface area contributed by atoms with E-state index < -0.39 is 34.0 Å². The molecule has 0 aromatic heterocycles. The maximum Gasteiger partial charge on any atom is 0.224 e. The van der Waals surface area contributed by atoms with Gasteiger partial charge in [0.15, 0.2) is 0 Å². The number of hydrogen-bond donors (Lipinski definition) is 3. The second-order valence-electron chi connectivity index (χ2n) is 9.59. The minimum Gasteiger partial charge on any atom is -0.393 e. The van der Waals surface area contributed by atoms with Gasteiger partial charge in [-0.3, -0.25) is 4.79 Å². The number of carbonyl (C=O) groups excluding carboxylic acids is 1. The van der Waals surface area contributed by atoms with E-state index in [4.69, 9.17) is 0 Å². The summed E-state index contributed by atoms with van der Waals surface area (Å²) in [6.45, 7) is 0. The van der Waals surface area contributed by atoms with Crippen molar-refractivity contribution in [2.45, 2.75) is 48.8 Å². The molecule has 0 radical (unpaired) electrons. The Labute approximate surface area is 211 Å². The van der Waals surface area contributed by atoms with Crippen molar-refractivity contribution in [3.05, 3.63) is 106 Å². The Kier molecular flexibility index (Phi) is 6.79. The number of rotatable bonds is 8. The molecule has 1 heterocycles. The summed E-state index contributed by atoms with van der Waals surface area (Å²) in [6, 6.07) is 23.4. The lowest BCUT2D eigenvalue weighted by Gasteiger charge is -2.24. The van der Waals surface area contributed by atoms with Crippen LogP contribution >= 0.6 is 0 Å². The number of amides is 1. The molecule has 3 aromatic rings. The van der Waals surface area contributed by atoms with Gasteiger partial charge in [-0.1, -0.05) is 72.8 Å². The Bertz CT molecular complexity index is 1400. The third-order valence-electron chi connectivity index (χ3n) is 7.06. The number of fused-ring (bicyclic) bond motifs is 2. The van der Waals surface area contributed by atoms with Crippen LogP contribution in [-0.2, 0) is 27.5 Å². The van der Waals surface area contributed by atoms with Gasteiger partial charge in [-0.25, -0.2) is 8.42 Å². The van der Waals surface area contributed by atoms with Gasteiger partial charge in [0, 0.05) is 18.8 Å². The molecule has 1 aliphatic heterocycles. The lowest BCUT2D eigenvalue weighted by atomic mass is 9.91. The van der Waals surface area contributed by atoms with Crippen molar-refractivity contribution < 1.29 is 23.4 Å². The number of aliphatic hydroxyl groups excluding tert-OH is 2. The van der Waals surface area contributed by atoms with Crippen LogP contribution in [0.15, 0.2) is 88.7 Å². The molecule has 1 aliphatic carbocycles. The maximum absolute atomic E-state index is 13.5. The Hall–Kier alpha value is -3.26. The molecule has 0 spiro atoms. The summed E-state index contributed by atoms with van der Waals surface area (Å²) in [5.74, 6) is -0.875. The summed E-state index contributed by atoms with van der Waals surface area (Å²) in [4.78, 5) is 13.9. The van der Waals surface area contributed by atoms with Crippen molar-refractivity contribution in [1.29, 1.82) is 0 Å². The van der Waals surface area contributed by atoms with Crippen LogP contribution in [0.4, 0.5) is 0 Å². The van der Waals surface area contributed by atoms with Crippen LogP contribution in [0.25, 0.3) is 6.08 Å². The second kappa shape index (κ2) is 10.0. The summed E-state index contributed by atoms with van der Waals surface area (Å²) < 4.78 is 25.9. The van der Waals surface area contributed by atoms with Gasteiger partial charge in [-0.05, 0) is 47.2 Å². The van der Waals surface area contributed by atoms with Crippen LogP contribution in [0.2, 0.25) is 0 Å². The number of nitrogens with one attached hydrogen (secondary N) is 1. The Balaban J connectivity index is 1.33. The molecule has 0 saturated carbocycles. The molecule has 6 nitrogen and oxygen atoms in total. The van der Waals surface area contributed by atoms with E-state index in [1.807, 2.05) is 54.6 Å². The summed E-state index contributed by atoms with van der Waals surface area (Å²) in [5.41, 5.74) is 3.47. The molecule has 3 aromatic carbocycles. The first-order valence-corrected chi connectivity index (χ1v) is 13.6. The summed E-state index contributed by atoms with van der Waals surface area (Å²) >= 11 is 0. The fourth-order valence-electron chi connectivity index (χ4n) is 5.25. The molecule has 1 unspecified atom stereocenters. The molecule has 36 heavy (non-hydrogen) atoms. The highest BCUT2D eigenvalue weighted by atomic mass is 32.2. The normalized spacial score (nSPS) is 21.2. The minimum absolute atomic E-state index is 0.0650. The lowest BCUT2D eigenvalue weighted by Crippen LogP contribution is -2.39. The fourth-order valence-corrected chi connectivity index (χ4v) is 6.92. The summed E-state index contributed by atoms with van der Waals surface area (Å²) in [6.07, 6.45) is 0.742. The largest absolute Gasteiger partial charge is 0.393 e. The van der Waals surface area contributed by atoms with E-state index in [0.29, 0.717) is 18.4 Å². The monoisotopic (exact) mass is 503 g/mol. The Morgan fingerprint density at radius 1 is 0.944 bits per heavy atom. The van der Waals surface area contributed by atoms with Crippen LogP contribution in [0.1, 0.15) is 41.1 Å². The molecular formula is C29H29NO5S. The Morgan fingerprint density at radius 2 is 1.64 bits per heavy atom. The first-order chi connectivity index (χ1) is 17.3. The molecule has 4 atom stereocenters. The molecule has 0 bridgehead atoms. The third kappa shape index (κ3) is 4.87. The summed E-state index contributed by atoms with van der Waals surface area (Å²) in [7, 11) is -3.65. The van der Waals surface area contributed by atoms with E-state index in [-0.39, 0.29) is 28.5 Å². The zero-order chi connectivity index (χ0) is 25.3. The van der Waals surface area contributed by atoms with E-state index in [9.17, 15) is 23.4 Å². The van der Waals surface area contributed by atoms with Crippen molar-refractivity contribution in [2.75, 3.05) is 0 Å². The van der Waals surface area contributed by atoms with E-state index >= 15 is 0 Å². The van der Waals surface area contributed by atoms with Crippen molar-refractivity contribution in [3.63, 3.8) is 0 Å². The Morgan fingerprint density at radius 3 is 2.42 bits per heavy atom. The first kappa shape index (κ1) is 24.4. The SMILES string of the molecule is O=C(N[C@H]1c2ccccc2C[C@H]1O)C(Cc1ccccc1)C[C@H](O)CC1=Cc2ccccc2S1(=O)=O. The van der Waals surface area contributed by atoms with Crippen LogP contribution in [0, 0.1) is 5.92 Å². The quantitative estimate of drug-likeness (QED) is 0.436. The van der Waals surface area contributed by atoms with Crippen molar-refractivity contribution in [1.82, 2.24) is 5.32 Å². The maximum atomic E-state index is 13.5. The zero-order valence-corrected chi connectivity index (χ0v) is 20.6. The molecule has 1 amide bonds. The number of aliphatic hydroxyl groups is 2. The van der Waals surface area contributed by atoms with E-state index in [0.717, 1.165) is 16.7 Å². The minimum atomic E-state index is -3.65. The molecule has 5 rings (SSSR count). The predicted molar refractivity (Wildman–Crippen MR) is 138 cm³/mol. The number of hydrogen-bond acceptors (Lipinski definition) is 5. The standard InChI is InChI=1S/C29H29NO5S/c31-23(18-24-16-21-11-5-7-13-27(21)36(24,34)35)15-22(14-19-8-2-1-3-9-19)29(33)30-28-25-12-6-4-10-20(25)17-26(28)32/h1-13,16,22-23,26,28,31-32H,14-15,17-18H2,(H,30,33)/t22?,23-,26+,28-/m0/s1. The molecule has 7 heteroatoms. The molecular weight excluding hydrogens is 474 g/mol. The lowest BCUT2D eigenvalue weighted by molar-refractivity contribution is -0.127. The van der Waals surface area contributed by atoms with Gasteiger partial charge in [0.2, 0.25) is 15.7 Å². The van der Waals surface area contributed by atoms with Crippen LogP contribution in [0.5, 0.6) is 0 Å². The average molecular weight is 504 g/mol. The van der Waals surface area contributed by atoms with Crippen molar-refractivity contribution in [3.8, 4) is 0 Å². The van der Waals surface area contributed by atoms with Gasteiger partial charge in [0.1, 0.15) is 0 Å². The van der Waals surface area contributed by atoms with E-state index in [2.05, 4.69) is 5.32 Å². The molecule has 0 fully saturated rings. The van der Waals surface area contributed by atoms with E-state index in [1.165, 1.54) is 0 Å². The topological polar surface area (TPSA) is 104 Å². The van der Waals surface area contributed by atoms with Gasteiger partial charge in [-0.2, -0.15) is 0 Å². The predicted octanol–water partition coefficient (Wildman–Crippen LogP) is 3.59. The van der Waals surface area contributed by atoms with Gasteiger partial charge < -0.3 is 15.5 Å². The third-order valence-corrected chi connectivity index (χ3v) is 8.99. The van der Waals surface area contributed by atoms with Crippen LogP contribution in [0.3, 0.4) is 0 Å². The van der Waals surface area contributed by atoms with Crippen molar-refractivity contribution in [2.24, 2.45) is 5.92 Å². The highest BCUT2D eigenvalue weighted by molar-refractivity contribution is 7.95. The van der Waals surface area contributed by atoms with Gasteiger partial charge >= 0.3 is 0 Å². The average Bonchev–Trinajstić information content (AvgIpc) is 3.31. The number of carbonyl (C=O) groups is 1. The number of sulfone groups is 1. The molecule has 3 N–H and O–H groups in total. The van der Waals surface area contributed by atoms with Gasteiger partial charge in [0.25, 0.3) is 0 Å². The van der Waals surface area contributed by atoms with Crippen LogP contribution < -0.4 is 5.32 Å².